The molecular formula is C9H7ClOS. The lowest BCUT2D eigenvalue weighted by Gasteiger charge is -1.91. The molecule has 1 heterocycles. The van der Waals surface area contributed by atoms with Gasteiger partial charge in [0.2, 0.25) is 0 Å². The van der Waals surface area contributed by atoms with Crippen molar-refractivity contribution in [3.05, 3.63) is 21.3 Å². The van der Waals surface area contributed by atoms with E-state index in [1.165, 1.54) is 11.3 Å². The van der Waals surface area contributed by atoms with Crippen LogP contribution in [0.5, 0.6) is 0 Å². The highest BCUT2D eigenvalue weighted by molar-refractivity contribution is 7.14. The molecule has 1 aliphatic rings. The molecule has 0 amide bonds. The summed E-state index contributed by atoms with van der Waals surface area (Å²) in [6, 6.07) is 1.87. The Morgan fingerprint density at radius 1 is 1.58 bits per heavy atom. The maximum Gasteiger partial charge on any atom is 0.126 e. The largest absolute Gasteiger partial charge is 0.378 e. The van der Waals surface area contributed by atoms with Crippen molar-refractivity contribution in [1.29, 1.82) is 0 Å². The van der Waals surface area contributed by atoms with Crippen LogP contribution < -0.4 is 0 Å². The van der Waals surface area contributed by atoms with Gasteiger partial charge in [-0.3, -0.25) is 0 Å². The fourth-order valence-corrected chi connectivity index (χ4v) is 1.64. The topological polar surface area (TPSA) is 20.2 Å². The van der Waals surface area contributed by atoms with Crippen LogP contribution in [0.3, 0.4) is 0 Å². The first-order valence-corrected chi connectivity index (χ1v) is 4.94. The van der Waals surface area contributed by atoms with E-state index in [0.29, 0.717) is 4.34 Å². The van der Waals surface area contributed by atoms with Gasteiger partial charge in [0, 0.05) is 0 Å². The van der Waals surface area contributed by atoms with E-state index in [4.69, 9.17) is 11.6 Å². The number of hydrogen-bond acceptors (Lipinski definition) is 2. The molecule has 2 rings (SSSR count). The zero-order chi connectivity index (χ0) is 8.60. The van der Waals surface area contributed by atoms with Gasteiger partial charge in [0.15, 0.2) is 0 Å². The molecule has 0 atom stereocenters. The van der Waals surface area contributed by atoms with Crippen molar-refractivity contribution in [2.45, 2.75) is 18.4 Å². The smallest absolute Gasteiger partial charge is 0.126 e. The maximum atomic E-state index is 9.41. The molecule has 1 aromatic heterocycles. The highest BCUT2D eigenvalue weighted by atomic mass is 35.5. The maximum absolute atomic E-state index is 9.41. The molecule has 3 heteroatoms. The Morgan fingerprint density at radius 2 is 2.33 bits per heavy atom. The van der Waals surface area contributed by atoms with Gasteiger partial charge in [0.05, 0.1) is 5.56 Å². The van der Waals surface area contributed by atoms with Gasteiger partial charge in [-0.1, -0.05) is 23.4 Å². The van der Waals surface area contributed by atoms with E-state index in [1.54, 1.807) is 0 Å². The van der Waals surface area contributed by atoms with E-state index < -0.39 is 5.60 Å². The molecule has 1 saturated carbocycles. The number of rotatable bonds is 0. The van der Waals surface area contributed by atoms with E-state index in [0.717, 1.165) is 18.4 Å². The molecule has 0 bridgehead atoms. The Morgan fingerprint density at radius 3 is 2.83 bits per heavy atom. The standard InChI is InChI=1S/C9H7ClOS/c10-8-7(2-6-12-8)1-3-9(11)4-5-9/h2,6,11H,4-5H2. The number of halogens is 1. The summed E-state index contributed by atoms with van der Waals surface area (Å²) in [5.41, 5.74) is 0.118. The van der Waals surface area contributed by atoms with Crippen LogP contribution in [0, 0.1) is 11.8 Å². The zero-order valence-electron chi connectivity index (χ0n) is 6.30. The fraction of sp³-hybridized carbons (Fsp3) is 0.333. The first-order chi connectivity index (χ1) is 5.70. The highest BCUT2D eigenvalue weighted by Gasteiger charge is 2.38. The normalized spacial score (nSPS) is 18.2. The predicted octanol–water partition coefficient (Wildman–Crippen LogP) is 2.28. The van der Waals surface area contributed by atoms with Crippen LogP contribution in [0.25, 0.3) is 0 Å². The second kappa shape index (κ2) is 2.77. The third-order valence-corrected chi connectivity index (χ3v) is 2.94. The summed E-state index contributed by atoms with van der Waals surface area (Å²) in [6.45, 7) is 0. The lowest BCUT2D eigenvalue weighted by molar-refractivity contribution is 0.212. The summed E-state index contributed by atoms with van der Waals surface area (Å²) in [5.74, 6) is 5.68. The first kappa shape index (κ1) is 8.12. The third-order valence-electron chi connectivity index (χ3n) is 1.77. The number of thiophene rings is 1. The minimum atomic E-state index is -0.703. The van der Waals surface area contributed by atoms with Gasteiger partial charge in [0.25, 0.3) is 0 Å². The quantitative estimate of drug-likeness (QED) is 0.635. The molecule has 0 unspecified atom stereocenters. The van der Waals surface area contributed by atoms with Crippen molar-refractivity contribution in [1.82, 2.24) is 0 Å². The SMILES string of the molecule is OC1(C#Cc2ccsc2Cl)CC1. The van der Waals surface area contributed by atoms with Gasteiger partial charge < -0.3 is 5.11 Å². The van der Waals surface area contributed by atoms with E-state index in [2.05, 4.69) is 11.8 Å². The van der Waals surface area contributed by atoms with Gasteiger partial charge in [0.1, 0.15) is 9.94 Å². The molecular weight excluding hydrogens is 192 g/mol. The summed E-state index contributed by atoms with van der Waals surface area (Å²) in [5, 5.41) is 11.3. The van der Waals surface area contributed by atoms with Crippen molar-refractivity contribution in [2.75, 3.05) is 0 Å². The Hall–Kier alpha value is -0.490. The molecule has 0 radical (unpaired) electrons. The summed E-state index contributed by atoms with van der Waals surface area (Å²) in [6.07, 6.45) is 1.59. The van der Waals surface area contributed by atoms with Crippen LogP contribution in [-0.2, 0) is 0 Å². The monoisotopic (exact) mass is 198 g/mol. The van der Waals surface area contributed by atoms with E-state index >= 15 is 0 Å². The molecule has 62 valence electrons. The Balaban J connectivity index is 2.21. The van der Waals surface area contributed by atoms with Gasteiger partial charge in [-0.2, -0.15) is 0 Å². The van der Waals surface area contributed by atoms with Crippen LogP contribution in [0.15, 0.2) is 11.4 Å². The first-order valence-electron chi connectivity index (χ1n) is 3.68. The Kier molecular flexibility index (Phi) is 1.88. The van der Waals surface area contributed by atoms with E-state index in [1.807, 2.05) is 11.4 Å². The Labute approximate surface area is 80.0 Å². The number of hydrogen-bond donors (Lipinski definition) is 1. The number of aliphatic hydroxyl groups is 1. The van der Waals surface area contributed by atoms with Gasteiger partial charge in [-0.15, -0.1) is 11.3 Å². The molecule has 1 nitrogen and oxygen atoms in total. The molecule has 1 fully saturated rings. The molecule has 0 saturated heterocycles. The average Bonchev–Trinajstić information content (AvgIpc) is 2.61. The molecule has 1 N–H and O–H groups in total. The predicted molar refractivity (Wildman–Crippen MR) is 50.4 cm³/mol. The van der Waals surface area contributed by atoms with Crippen LogP contribution in [0.2, 0.25) is 4.34 Å². The fourth-order valence-electron chi connectivity index (χ4n) is 0.809. The molecule has 0 aliphatic heterocycles. The van der Waals surface area contributed by atoms with Crippen LogP contribution >= 0.6 is 22.9 Å². The summed E-state index contributed by atoms with van der Waals surface area (Å²) in [4.78, 5) is 0. The minimum absolute atomic E-state index is 0.701. The zero-order valence-corrected chi connectivity index (χ0v) is 7.87. The van der Waals surface area contributed by atoms with E-state index in [-0.39, 0.29) is 0 Å². The van der Waals surface area contributed by atoms with Crippen molar-refractivity contribution in [3.8, 4) is 11.8 Å². The van der Waals surface area contributed by atoms with Crippen LogP contribution in [0.4, 0.5) is 0 Å². The molecule has 12 heavy (non-hydrogen) atoms. The average molecular weight is 199 g/mol. The molecule has 1 aliphatic carbocycles. The van der Waals surface area contributed by atoms with Gasteiger partial charge in [-0.05, 0) is 24.3 Å². The van der Waals surface area contributed by atoms with Crippen molar-refractivity contribution in [3.63, 3.8) is 0 Å². The lowest BCUT2D eigenvalue weighted by Crippen LogP contribution is -2.00. The molecule has 1 aromatic rings. The van der Waals surface area contributed by atoms with Crippen molar-refractivity contribution in [2.24, 2.45) is 0 Å². The van der Waals surface area contributed by atoms with Crippen molar-refractivity contribution >= 4 is 22.9 Å². The van der Waals surface area contributed by atoms with Gasteiger partial charge >= 0.3 is 0 Å². The minimum Gasteiger partial charge on any atom is -0.378 e. The van der Waals surface area contributed by atoms with Crippen molar-refractivity contribution < 1.29 is 5.11 Å². The van der Waals surface area contributed by atoms with E-state index in [9.17, 15) is 5.11 Å². The van der Waals surface area contributed by atoms with Crippen LogP contribution in [-0.4, -0.2) is 10.7 Å². The summed E-state index contributed by atoms with van der Waals surface area (Å²) < 4.78 is 0.701. The Bertz CT molecular complexity index is 354. The van der Waals surface area contributed by atoms with Crippen LogP contribution in [0.1, 0.15) is 18.4 Å². The summed E-state index contributed by atoms with van der Waals surface area (Å²) >= 11 is 7.28. The highest BCUT2D eigenvalue weighted by Crippen LogP contribution is 2.34. The third kappa shape index (κ3) is 1.64. The van der Waals surface area contributed by atoms with Gasteiger partial charge in [-0.25, -0.2) is 0 Å². The molecule has 0 aromatic carbocycles. The molecule has 0 spiro atoms. The second-order valence-electron chi connectivity index (χ2n) is 2.89. The second-order valence-corrected chi connectivity index (χ2v) is 4.41. The lowest BCUT2D eigenvalue weighted by atomic mass is 10.3. The summed E-state index contributed by atoms with van der Waals surface area (Å²) in [7, 11) is 0.